The second kappa shape index (κ2) is 7.14. The summed E-state index contributed by atoms with van der Waals surface area (Å²) in [5.74, 6) is -1.16. The minimum atomic E-state index is -1.17. The number of carboxylic acid groups (broad SMARTS) is 1. The maximum Gasteiger partial charge on any atom is 0.328 e. The van der Waals surface area contributed by atoms with Crippen LogP contribution in [-0.4, -0.2) is 34.4 Å². The summed E-state index contributed by atoms with van der Waals surface area (Å²) in [6.45, 7) is 1.78. The SMILES string of the molecule is CC(=O)SCCNC(=O)/C=C/C(=O)O. The smallest absolute Gasteiger partial charge is 0.328 e. The van der Waals surface area contributed by atoms with Crippen molar-refractivity contribution in [1.82, 2.24) is 5.32 Å². The molecule has 0 rings (SSSR count). The van der Waals surface area contributed by atoms with E-state index in [0.29, 0.717) is 12.3 Å². The Balaban J connectivity index is 3.55. The van der Waals surface area contributed by atoms with E-state index in [1.807, 2.05) is 0 Å². The van der Waals surface area contributed by atoms with Gasteiger partial charge in [0.05, 0.1) is 0 Å². The fraction of sp³-hybridized carbons (Fsp3) is 0.375. The molecule has 0 unspecified atom stereocenters. The minimum absolute atomic E-state index is 0.0136. The first kappa shape index (κ1) is 12.7. The van der Waals surface area contributed by atoms with Gasteiger partial charge in [-0.05, 0) is 0 Å². The second-order valence-electron chi connectivity index (χ2n) is 2.30. The Morgan fingerprint density at radius 1 is 1.36 bits per heavy atom. The summed E-state index contributed by atoms with van der Waals surface area (Å²) in [5.41, 5.74) is 0. The normalized spacial score (nSPS) is 10.1. The van der Waals surface area contributed by atoms with Gasteiger partial charge in [0.15, 0.2) is 5.12 Å². The number of hydrogen-bond acceptors (Lipinski definition) is 4. The van der Waals surface area contributed by atoms with Crippen LogP contribution in [0.15, 0.2) is 12.2 Å². The lowest BCUT2D eigenvalue weighted by Crippen LogP contribution is -2.24. The van der Waals surface area contributed by atoms with E-state index in [1.165, 1.54) is 6.92 Å². The fourth-order valence-corrected chi connectivity index (χ4v) is 1.07. The van der Waals surface area contributed by atoms with Crippen LogP contribution >= 0.6 is 11.8 Å². The molecule has 0 radical (unpaired) electrons. The van der Waals surface area contributed by atoms with Crippen LogP contribution in [0.5, 0.6) is 0 Å². The van der Waals surface area contributed by atoms with Gasteiger partial charge in [0.25, 0.3) is 0 Å². The van der Waals surface area contributed by atoms with Crippen molar-refractivity contribution in [2.24, 2.45) is 0 Å². The molecule has 0 atom stereocenters. The third-order valence-corrected chi connectivity index (χ3v) is 1.90. The minimum Gasteiger partial charge on any atom is -0.478 e. The van der Waals surface area contributed by atoms with E-state index in [0.717, 1.165) is 23.9 Å². The van der Waals surface area contributed by atoms with Crippen molar-refractivity contribution in [1.29, 1.82) is 0 Å². The van der Waals surface area contributed by atoms with Crippen LogP contribution in [0.1, 0.15) is 6.92 Å². The number of rotatable bonds is 5. The van der Waals surface area contributed by atoms with Gasteiger partial charge in [-0.15, -0.1) is 0 Å². The standard InChI is InChI=1S/C8H11NO4S/c1-6(10)14-5-4-9-7(11)2-3-8(12)13/h2-3H,4-5H2,1H3,(H,9,11)(H,12,13)/b3-2+. The highest BCUT2D eigenvalue weighted by Gasteiger charge is 1.97. The predicted molar refractivity (Wildman–Crippen MR) is 52.9 cm³/mol. The van der Waals surface area contributed by atoms with Crippen molar-refractivity contribution in [2.75, 3.05) is 12.3 Å². The average Bonchev–Trinajstić information content (AvgIpc) is 2.08. The molecule has 5 nitrogen and oxygen atoms in total. The topological polar surface area (TPSA) is 83.5 Å². The van der Waals surface area contributed by atoms with E-state index in [2.05, 4.69) is 5.32 Å². The van der Waals surface area contributed by atoms with Gasteiger partial charge in [-0.25, -0.2) is 4.79 Å². The van der Waals surface area contributed by atoms with Crippen LogP contribution in [0.4, 0.5) is 0 Å². The predicted octanol–water partition coefficient (Wildman–Crippen LogP) is 0.0231. The molecule has 0 aromatic heterocycles. The highest BCUT2D eigenvalue weighted by molar-refractivity contribution is 8.13. The number of carbonyl (C=O) groups is 3. The molecule has 78 valence electrons. The maximum absolute atomic E-state index is 10.8. The zero-order chi connectivity index (χ0) is 11.0. The van der Waals surface area contributed by atoms with Gasteiger partial charge >= 0.3 is 5.97 Å². The van der Waals surface area contributed by atoms with Crippen molar-refractivity contribution >= 4 is 28.8 Å². The van der Waals surface area contributed by atoms with Crippen LogP contribution in [0.25, 0.3) is 0 Å². The van der Waals surface area contributed by atoms with Crippen molar-refractivity contribution < 1.29 is 19.5 Å². The number of nitrogens with one attached hydrogen (secondary N) is 1. The number of thioether (sulfide) groups is 1. The Kier molecular flexibility index (Phi) is 6.47. The molecule has 0 aromatic carbocycles. The highest BCUT2D eigenvalue weighted by atomic mass is 32.2. The summed E-state index contributed by atoms with van der Waals surface area (Å²) in [7, 11) is 0. The van der Waals surface area contributed by atoms with Gasteiger partial charge in [0.1, 0.15) is 0 Å². The van der Waals surface area contributed by atoms with Crippen LogP contribution in [0, 0.1) is 0 Å². The van der Waals surface area contributed by atoms with Gasteiger partial charge in [0, 0.05) is 31.4 Å². The lowest BCUT2D eigenvalue weighted by Gasteiger charge is -1.98. The summed E-state index contributed by atoms with van der Waals surface area (Å²) < 4.78 is 0. The molecule has 0 bridgehead atoms. The number of carboxylic acids is 1. The molecule has 0 aliphatic carbocycles. The molecular weight excluding hydrogens is 206 g/mol. The van der Waals surface area contributed by atoms with Gasteiger partial charge < -0.3 is 10.4 Å². The third kappa shape index (κ3) is 8.79. The molecule has 0 aromatic rings. The van der Waals surface area contributed by atoms with Gasteiger partial charge in [-0.2, -0.15) is 0 Å². The first-order valence-corrected chi connectivity index (χ1v) is 4.83. The Morgan fingerprint density at radius 3 is 2.50 bits per heavy atom. The van der Waals surface area contributed by atoms with E-state index in [9.17, 15) is 14.4 Å². The number of carbonyl (C=O) groups excluding carboxylic acids is 2. The summed E-state index contributed by atoms with van der Waals surface area (Å²) in [6.07, 6.45) is 1.69. The summed E-state index contributed by atoms with van der Waals surface area (Å²) in [4.78, 5) is 31.3. The Bertz CT molecular complexity index is 262. The Labute approximate surface area is 85.6 Å². The molecule has 1 amide bonds. The van der Waals surface area contributed by atoms with Gasteiger partial charge in [-0.1, -0.05) is 11.8 Å². The van der Waals surface area contributed by atoms with E-state index >= 15 is 0 Å². The highest BCUT2D eigenvalue weighted by Crippen LogP contribution is 1.97. The largest absolute Gasteiger partial charge is 0.478 e. The van der Waals surface area contributed by atoms with Crippen molar-refractivity contribution in [2.45, 2.75) is 6.92 Å². The van der Waals surface area contributed by atoms with E-state index in [4.69, 9.17) is 5.11 Å². The Hall–Kier alpha value is -1.30. The molecule has 0 aliphatic rings. The summed E-state index contributed by atoms with van der Waals surface area (Å²) >= 11 is 1.10. The van der Waals surface area contributed by atoms with E-state index in [-0.39, 0.29) is 5.12 Å². The van der Waals surface area contributed by atoms with Crippen molar-refractivity contribution in [3.63, 3.8) is 0 Å². The summed E-state index contributed by atoms with van der Waals surface area (Å²) in [5, 5.41) is 10.6. The molecular formula is C8H11NO4S. The monoisotopic (exact) mass is 217 g/mol. The maximum atomic E-state index is 10.8. The van der Waals surface area contributed by atoms with Crippen molar-refractivity contribution in [3.8, 4) is 0 Å². The zero-order valence-corrected chi connectivity index (χ0v) is 8.47. The number of hydrogen-bond donors (Lipinski definition) is 2. The molecule has 6 heteroatoms. The van der Waals surface area contributed by atoms with E-state index < -0.39 is 11.9 Å². The van der Waals surface area contributed by atoms with Crippen LogP contribution in [0.3, 0.4) is 0 Å². The quantitative estimate of drug-likeness (QED) is 0.501. The lowest BCUT2D eigenvalue weighted by molar-refractivity contribution is -0.131. The molecule has 2 N–H and O–H groups in total. The van der Waals surface area contributed by atoms with E-state index in [1.54, 1.807) is 0 Å². The second-order valence-corrected chi connectivity index (χ2v) is 3.57. The summed E-state index contributed by atoms with van der Waals surface area (Å²) in [6, 6.07) is 0. The third-order valence-electron chi connectivity index (χ3n) is 1.08. The molecule has 0 saturated heterocycles. The first-order valence-electron chi connectivity index (χ1n) is 3.84. The van der Waals surface area contributed by atoms with Crippen LogP contribution in [-0.2, 0) is 14.4 Å². The zero-order valence-electron chi connectivity index (χ0n) is 7.65. The number of amides is 1. The first-order chi connectivity index (χ1) is 6.52. The molecule has 0 spiro atoms. The Morgan fingerprint density at radius 2 is 2.00 bits per heavy atom. The van der Waals surface area contributed by atoms with Crippen molar-refractivity contribution in [3.05, 3.63) is 12.2 Å². The molecule has 14 heavy (non-hydrogen) atoms. The molecule has 0 heterocycles. The van der Waals surface area contributed by atoms with Crippen LogP contribution in [0.2, 0.25) is 0 Å². The van der Waals surface area contributed by atoms with Crippen LogP contribution < -0.4 is 5.32 Å². The number of aliphatic carboxylic acids is 1. The average molecular weight is 217 g/mol. The van der Waals surface area contributed by atoms with Gasteiger partial charge in [-0.3, -0.25) is 9.59 Å². The fourth-order valence-electron chi connectivity index (χ4n) is 0.575. The molecule has 0 fully saturated rings. The molecule has 0 saturated carbocycles. The molecule has 0 aliphatic heterocycles. The van der Waals surface area contributed by atoms with Gasteiger partial charge in [0.2, 0.25) is 5.91 Å². The lowest BCUT2D eigenvalue weighted by atomic mass is 10.4.